The van der Waals surface area contributed by atoms with Crippen molar-refractivity contribution in [2.45, 2.75) is 11.3 Å². The van der Waals surface area contributed by atoms with Gasteiger partial charge in [-0.2, -0.15) is 13.2 Å². The number of carbonyl (C=O) groups is 1. The zero-order chi connectivity index (χ0) is 22.6. The molecule has 0 radical (unpaired) electrons. The average molecular weight is 453 g/mol. The summed E-state index contributed by atoms with van der Waals surface area (Å²) in [5.74, 6) is 6.76. The second-order valence-electron chi connectivity index (χ2n) is 6.16. The molecule has 0 atom stereocenters. The van der Waals surface area contributed by atoms with Gasteiger partial charge in [-0.05, 0) is 36.4 Å². The van der Waals surface area contributed by atoms with Crippen molar-refractivity contribution >= 4 is 23.4 Å². The molecular formula is C19H18F3N5O3S. The maximum absolute atomic E-state index is 12.8. The molecule has 3 aromatic rings. The number of nitrogens with one attached hydrogen (secondary N) is 1. The Morgan fingerprint density at radius 1 is 1.13 bits per heavy atom. The van der Waals surface area contributed by atoms with Crippen molar-refractivity contribution in [3.05, 3.63) is 48.0 Å². The zero-order valence-electron chi connectivity index (χ0n) is 16.4. The predicted octanol–water partition coefficient (Wildman–Crippen LogP) is 3.43. The number of anilines is 1. The van der Waals surface area contributed by atoms with Crippen LogP contribution >= 0.6 is 11.8 Å². The number of alkyl halides is 3. The molecular weight excluding hydrogens is 435 g/mol. The predicted molar refractivity (Wildman–Crippen MR) is 110 cm³/mol. The molecule has 1 heterocycles. The Bertz CT molecular complexity index is 1090. The Hall–Kier alpha value is -3.41. The molecule has 12 heteroatoms. The Morgan fingerprint density at radius 2 is 1.87 bits per heavy atom. The monoisotopic (exact) mass is 453 g/mol. The first-order valence-corrected chi connectivity index (χ1v) is 9.74. The van der Waals surface area contributed by atoms with Gasteiger partial charge >= 0.3 is 6.18 Å². The molecule has 0 aliphatic carbocycles. The van der Waals surface area contributed by atoms with Crippen molar-refractivity contribution in [3.63, 3.8) is 0 Å². The van der Waals surface area contributed by atoms with Crippen molar-refractivity contribution in [3.8, 4) is 22.9 Å². The summed E-state index contributed by atoms with van der Waals surface area (Å²) in [6, 6.07) is 9.48. The number of nitrogens with two attached hydrogens (primary N) is 1. The quantitative estimate of drug-likeness (QED) is 0.417. The highest BCUT2D eigenvalue weighted by atomic mass is 32.2. The van der Waals surface area contributed by atoms with Gasteiger partial charge in [0.05, 0.1) is 25.5 Å². The Kier molecular flexibility index (Phi) is 6.59. The van der Waals surface area contributed by atoms with E-state index in [1.807, 2.05) is 0 Å². The molecule has 0 aliphatic heterocycles. The van der Waals surface area contributed by atoms with Crippen LogP contribution in [0.4, 0.5) is 18.9 Å². The lowest BCUT2D eigenvalue weighted by Gasteiger charge is -2.10. The van der Waals surface area contributed by atoms with Crippen LogP contribution in [0.5, 0.6) is 11.5 Å². The first kappa shape index (κ1) is 22.3. The van der Waals surface area contributed by atoms with Crippen LogP contribution in [0.1, 0.15) is 5.56 Å². The fraction of sp³-hybridized carbons (Fsp3) is 0.211. The van der Waals surface area contributed by atoms with Crippen molar-refractivity contribution in [1.29, 1.82) is 0 Å². The first-order chi connectivity index (χ1) is 14.7. The number of hydrogen-bond acceptors (Lipinski definition) is 7. The lowest BCUT2D eigenvalue weighted by atomic mass is 10.2. The molecule has 1 aromatic heterocycles. The first-order valence-electron chi connectivity index (χ1n) is 8.75. The van der Waals surface area contributed by atoms with E-state index in [4.69, 9.17) is 15.3 Å². The maximum Gasteiger partial charge on any atom is 0.416 e. The summed E-state index contributed by atoms with van der Waals surface area (Å²) >= 11 is 0.991. The molecule has 0 aliphatic rings. The van der Waals surface area contributed by atoms with Gasteiger partial charge < -0.3 is 20.6 Å². The van der Waals surface area contributed by atoms with Gasteiger partial charge in [-0.3, -0.25) is 4.79 Å². The summed E-state index contributed by atoms with van der Waals surface area (Å²) in [5, 5.41) is 10.7. The largest absolute Gasteiger partial charge is 0.493 e. The second-order valence-corrected chi connectivity index (χ2v) is 7.10. The SMILES string of the molecule is COc1ccc(-c2nnc(SCC(=O)Nc3cccc(C(F)(F)F)c3)n2N)cc1OC. The summed E-state index contributed by atoms with van der Waals surface area (Å²) in [4.78, 5) is 12.1. The lowest BCUT2D eigenvalue weighted by molar-refractivity contribution is -0.137. The number of hydrogen-bond donors (Lipinski definition) is 2. The molecule has 3 rings (SSSR count). The molecule has 0 spiro atoms. The van der Waals surface area contributed by atoms with Crippen LogP contribution < -0.4 is 20.6 Å². The van der Waals surface area contributed by atoms with Crippen LogP contribution in [0.3, 0.4) is 0 Å². The normalized spacial score (nSPS) is 11.3. The highest BCUT2D eigenvalue weighted by molar-refractivity contribution is 7.99. The molecule has 164 valence electrons. The molecule has 0 fully saturated rings. The third kappa shape index (κ3) is 5.20. The average Bonchev–Trinajstić information content (AvgIpc) is 3.11. The summed E-state index contributed by atoms with van der Waals surface area (Å²) in [5.41, 5.74) is -0.187. The van der Waals surface area contributed by atoms with Gasteiger partial charge in [0, 0.05) is 11.3 Å². The topological polar surface area (TPSA) is 104 Å². The summed E-state index contributed by atoms with van der Waals surface area (Å²) in [7, 11) is 3.02. The molecule has 3 N–H and O–H groups in total. The number of carbonyl (C=O) groups excluding carboxylic acids is 1. The van der Waals surface area contributed by atoms with Gasteiger partial charge in [0.25, 0.3) is 0 Å². The van der Waals surface area contributed by atoms with E-state index in [0.29, 0.717) is 22.9 Å². The van der Waals surface area contributed by atoms with Crippen molar-refractivity contribution in [2.24, 2.45) is 0 Å². The minimum atomic E-state index is -4.49. The van der Waals surface area contributed by atoms with E-state index in [2.05, 4.69) is 15.5 Å². The van der Waals surface area contributed by atoms with Crippen molar-refractivity contribution in [1.82, 2.24) is 14.9 Å². The third-order valence-corrected chi connectivity index (χ3v) is 5.06. The molecule has 1 amide bonds. The van der Waals surface area contributed by atoms with Crippen LogP contribution in [0.25, 0.3) is 11.4 Å². The smallest absolute Gasteiger partial charge is 0.416 e. The van der Waals surface area contributed by atoms with Crippen molar-refractivity contribution < 1.29 is 27.4 Å². The number of thioether (sulfide) groups is 1. The molecule has 0 unspecified atom stereocenters. The Morgan fingerprint density at radius 3 is 2.55 bits per heavy atom. The summed E-state index contributed by atoms with van der Waals surface area (Å²) in [6.07, 6.45) is -4.49. The third-order valence-electron chi connectivity index (χ3n) is 4.11. The summed E-state index contributed by atoms with van der Waals surface area (Å²) < 4.78 is 50.0. The highest BCUT2D eigenvalue weighted by Crippen LogP contribution is 2.32. The zero-order valence-corrected chi connectivity index (χ0v) is 17.3. The molecule has 0 saturated heterocycles. The van der Waals surface area contributed by atoms with Gasteiger partial charge in [0.2, 0.25) is 11.1 Å². The van der Waals surface area contributed by atoms with E-state index in [-0.39, 0.29) is 16.6 Å². The Balaban J connectivity index is 1.67. The van der Waals surface area contributed by atoms with E-state index in [1.165, 1.54) is 31.0 Å². The maximum atomic E-state index is 12.8. The summed E-state index contributed by atoms with van der Waals surface area (Å²) in [6.45, 7) is 0. The Labute approximate surface area is 179 Å². The van der Waals surface area contributed by atoms with Crippen LogP contribution in [-0.2, 0) is 11.0 Å². The van der Waals surface area contributed by atoms with Gasteiger partial charge in [-0.25, -0.2) is 4.68 Å². The van der Waals surface area contributed by atoms with Gasteiger partial charge in [-0.15, -0.1) is 10.2 Å². The van der Waals surface area contributed by atoms with Gasteiger partial charge in [0.1, 0.15) is 0 Å². The number of aromatic nitrogens is 3. The number of methoxy groups -OCH3 is 2. The van der Waals surface area contributed by atoms with Crippen LogP contribution in [0.2, 0.25) is 0 Å². The minimum absolute atomic E-state index is 0.0423. The van der Waals surface area contributed by atoms with Gasteiger partial charge in [-0.1, -0.05) is 17.8 Å². The van der Waals surface area contributed by atoms with E-state index in [0.717, 1.165) is 23.9 Å². The fourth-order valence-electron chi connectivity index (χ4n) is 2.65. The van der Waals surface area contributed by atoms with Gasteiger partial charge in [0.15, 0.2) is 17.3 Å². The van der Waals surface area contributed by atoms with Crippen molar-refractivity contribution in [2.75, 3.05) is 31.1 Å². The highest BCUT2D eigenvalue weighted by Gasteiger charge is 2.30. The number of benzene rings is 2. The standard InChI is InChI=1S/C19H18F3N5O3S/c1-29-14-7-6-11(8-15(14)30-2)17-25-26-18(27(17)23)31-10-16(28)24-13-5-3-4-12(9-13)19(20,21)22/h3-9H,10,23H2,1-2H3,(H,24,28). The molecule has 8 nitrogen and oxygen atoms in total. The van der Waals surface area contributed by atoms with E-state index in [9.17, 15) is 18.0 Å². The number of halogens is 3. The molecule has 0 bridgehead atoms. The lowest BCUT2D eigenvalue weighted by Crippen LogP contribution is -2.17. The number of ether oxygens (including phenoxy) is 2. The number of rotatable bonds is 7. The molecule has 2 aromatic carbocycles. The van der Waals surface area contributed by atoms with Crippen LogP contribution in [0.15, 0.2) is 47.6 Å². The number of nitrogen functional groups attached to an aromatic ring is 1. The van der Waals surface area contributed by atoms with E-state index >= 15 is 0 Å². The molecule has 31 heavy (non-hydrogen) atoms. The van der Waals surface area contributed by atoms with E-state index < -0.39 is 17.6 Å². The van der Waals surface area contributed by atoms with E-state index in [1.54, 1.807) is 18.2 Å². The number of nitrogens with zero attached hydrogens (tertiary/aromatic N) is 3. The second kappa shape index (κ2) is 9.16. The number of amides is 1. The fourth-order valence-corrected chi connectivity index (χ4v) is 3.30. The van der Waals surface area contributed by atoms with Crippen LogP contribution in [-0.4, -0.2) is 40.8 Å². The molecule has 0 saturated carbocycles. The van der Waals surface area contributed by atoms with Crippen LogP contribution in [0, 0.1) is 0 Å². The minimum Gasteiger partial charge on any atom is -0.493 e.